The molecule has 0 spiro atoms. The number of nitrogens with zero attached hydrogens (tertiary/aromatic N) is 1. The lowest BCUT2D eigenvalue weighted by molar-refractivity contribution is 0.0946. The van der Waals surface area contributed by atoms with Crippen molar-refractivity contribution in [2.75, 3.05) is 21.3 Å². The number of hydrogen-bond acceptors (Lipinski definition) is 6. The predicted molar refractivity (Wildman–Crippen MR) is 99.2 cm³/mol. The number of H-pyrrole nitrogens is 1. The molecule has 7 nitrogen and oxygen atoms in total. The largest absolute Gasteiger partial charge is 0.493 e. The Hall–Kier alpha value is -3.00. The third-order valence-electron chi connectivity index (χ3n) is 3.79. The Labute approximate surface area is 154 Å². The molecule has 0 unspecified atom stereocenters. The van der Waals surface area contributed by atoms with E-state index in [4.69, 9.17) is 14.2 Å². The van der Waals surface area contributed by atoms with Crippen LogP contribution in [0, 0.1) is 0 Å². The summed E-state index contributed by atoms with van der Waals surface area (Å²) < 4.78 is 16.0. The highest BCUT2D eigenvalue weighted by Gasteiger charge is 2.17. The van der Waals surface area contributed by atoms with Crippen molar-refractivity contribution in [1.82, 2.24) is 15.5 Å². The van der Waals surface area contributed by atoms with E-state index in [1.165, 1.54) is 0 Å². The third kappa shape index (κ3) is 3.65. The molecule has 1 amide bonds. The van der Waals surface area contributed by atoms with E-state index >= 15 is 0 Å². The summed E-state index contributed by atoms with van der Waals surface area (Å²) in [6.07, 6.45) is 0. The van der Waals surface area contributed by atoms with Gasteiger partial charge in [-0.3, -0.25) is 9.89 Å². The van der Waals surface area contributed by atoms with Crippen LogP contribution in [-0.4, -0.2) is 37.4 Å². The van der Waals surface area contributed by atoms with Crippen molar-refractivity contribution in [1.29, 1.82) is 0 Å². The first-order valence-electron chi connectivity index (χ1n) is 7.82. The number of rotatable bonds is 7. The molecule has 0 aliphatic rings. The first-order valence-corrected chi connectivity index (χ1v) is 8.70. The number of carbonyl (C=O) groups excluding carboxylic acids is 1. The monoisotopic (exact) mass is 373 g/mol. The van der Waals surface area contributed by atoms with Gasteiger partial charge in [-0.15, -0.1) is 11.3 Å². The first kappa shape index (κ1) is 17.8. The first-order chi connectivity index (χ1) is 12.7. The number of carbonyl (C=O) groups is 1. The van der Waals surface area contributed by atoms with Crippen LogP contribution in [0.4, 0.5) is 0 Å². The average Bonchev–Trinajstić information content (AvgIpc) is 3.36. The van der Waals surface area contributed by atoms with Gasteiger partial charge in [-0.05, 0) is 29.6 Å². The number of nitrogens with one attached hydrogen (secondary N) is 2. The maximum atomic E-state index is 12.3. The zero-order valence-electron chi connectivity index (χ0n) is 14.7. The van der Waals surface area contributed by atoms with Crippen LogP contribution in [0.3, 0.4) is 0 Å². The van der Waals surface area contributed by atoms with E-state index in [-0.39, 0.29) is 5.91 Å². The smallest absolute Gasteiger partial charge is 0.269 e. The molecule has 26 heavy (non-hydrogen) atoms. The van der Waals surface area contributed by atoms with Crippen molar-refractivity contribution in [2.24, 2.45) is 0 Å². The molecule has 2 aromatic heterocycles. The summed E-state index contributed by atoms with van der Waals surface area (Å²) in [5, 5.41) is 11.8. The molecule has 0 radical (unpaired) electrons. The number of aromatic amines is 1. The number of thiophene rings is 1. The van der Waals surface area contributed by atoms with E-state index < -0.39 is 0 Å². The number of ether oxygens (including phenoxy) is 3. The fourth-order valence-electron chi connectivity index (χ4n) is 2.49. The Morgan fingerprint density at radius 2 is 1.88 bits per heavy atom. The van der Waals surface area contributed by atoms with Crippen LogP contribution in [0.1, 0.15) is 15.4 Å². The van der Waals surface area contributed by atoms with Crippen LogP contribution in [-0.2, 0) is 6.54 Å². The highest BCUT2D eigenvalue weighted by molar-refractivity contribution is 7.09. The minimum atomic E-state index is -0.218. The molecular formula is C18H19N3O4S. The quantitative estimate of drug-likeness (QED) is 0.665. The van der Waals surface area contributed by atoms with E-state index in [1.54, 1.807) is 50.9 Å². The maximum Gasteiger partial charge on any atom is 0.269 e. The molecule has 1 aromatic carbocycles. The molecule has 2 N–H and O–H groups in total. The molecule has 0 saturated carbocycles. The minimum absolute atomic E-state index is 0.218. The van der Waals surface area contributed by atoms with Gasteiger partial charge < -0.3 is 19.5 Å². The van der Waals surface area contributed by atoms with Crippen molar-refractivity contribution in [3.63, 3.8) is 0 Å². The lowest BCUT2D eigenvalue weighted by atomic mass is 10.1. The van der Waals surface area contributed by atoms with Gasteiger partial charge in [0.1, 0.15) is 5.69 Å². The molecule has 136 valence electrons. The highest BCUT2D eigenvalue weighted by Crippen LogP contribution is 2.40. The Morgan fingerprint density at radius 1 is 1.15 bits per heavy atom. The van der Waals surface area contributed by atoms with Gasteiger partial charge in [0, 0.05) is 10.4 Å². The number of benzene rings is 1. The van der Waals surface area contributed by atoms with E-state index in [0.717, 1.165) is 10.4 Å². The van der Waals surface area contributed by atoms with Gasteiger partial charge in [-0.1, -0.05) is 6.07 Å². The maximum absolute atomic E-state index is 12.3. The lowest BCUT2D eigenvalue weighted by Gasteiger charge is -2.13. The van der Waals surface area contributed by atoms with Gasteiger partial charge in [-0.25, -0.2) is 0 Å². The fraction of sp³-hybridized carbons (Fsp3) is 0.222. The normalized spacial score (nSPS) is 10.4. The molecule has 0 fully saturated rings. The molecule has 8 heteroatoms. The van der Waals surface area contributed by atoms with E-state index in [1.807, 2.05) is 17.5 Å². The summed E-state index contributed by atoms with van der Waals surface area (Å²) in [5.74, 6) is 1.33. The van der Waals surface area contributed by atoms with Crippen LogP contribution in [0.15, 0.2) is 35.7 Å². The Morgan fingerprint density at radius 3 is 2.46 bits per heavy atom. The van der Waals surface area contributed by atoms with E-state index in [9.17, 15) is 4.79 Å². The van der Waals surface area contributed by atoms with Crippen LogP contribution in [0.2, 0.25) is 0 Å². The van der Waals surface area contributed by atoms with Gasteiger partial charge in [0.2, 0.25) is 5.75 Å². The summed E-state index contributed by atoms with van der Waals surface area (Å²) in [4.78, 5) is 13.4. The zero-order valence-corrected chi connectivity index (χ0v) is 15.5. The van der Waals surface area contributed by atoms with Crippen molar-refractivity contribution in [3.8, 4) is 28.5 Å². The molecule has 2 heterocycles. The van der Waals surface area contributed by atoms with Crippen molar-refractivity contribution in [3.05, 3.63) is 46.3 Å². The highest BCUT2D eigenvalue weighted by atomic mass is 32.1. The molecular weight excluding hydrogens is 354 g/mol. The molecule has 3 aromatic rings. The number of methoxy groups -OCH3 is 3. The van der Waals surface area contributed by atoms with Gasteiger partial charge in [0.15, 0.2) is 11.5 Å². The summed E-state index contributed by atoms with van der Waals surface area (Å²) in [5.41, 5.74) is 1.73. The molecule has 0 aliphatic carbocycles. The summed E-state index contributed by atoms with van der Waals surface area (Å²) in [6, 6.07) is 9.17. The average molecular weight is 373 g/mol. The van der Waals surface area contributed by atoms with Crippen LogP contribution >= 0.6 is 11.3 Å². The van der Waals surface area contributed by atoms with Crippen molar-refractivity contribution >= 4 is 17.2 Å². The van der Waals surface area contributed by atoms with Crippen LogP contribution in [0.5, 0.6) is 17.2 Å². The van der Waals surface area contributed by atoms with Crippen LogP contribution < -0.4 is 19.5 Å². The summed E-state index contributed by atoms with van der Waals surface area (Å²) >= 11 is 1.59. The standard InChI is InChI=1S/C18H19N3O4S/c1-23-15-7-11(8-16(24-2)17(15)25-3)13-9-14(21-20-13)18(22)19-10-12-5-4-6-26-12/h4-9H,10H2,1-3H3,(H,19,22)(H,20,21). The Bertz CT molecular complexity index is 865. The fourth-order valence-corrected chi connectivity index (χ4v) is 3.14. The van der Waals surface area contributed by atoms with Crippen LogP contribution in [0.25, 0.3) is 11.3 Å². The number of amides is 1. The molecule has 0 atom stereocenters. The van der Waals surface area contributed by atoms with Gasteiger partial charge in [-0.2, -0.15) is 5.10 Å². The molecule has 3 rings (SSSR count). The van der Waals surface area contributed by atoms with E-state index in [2.05, 4.69) is 15.5 Å². The van der Waals surface area contributed by atoms with Crippen molar-refractivity contribution < 1.29 is 19.0 Å². The minimum Gasteiger partial charge on any atom is -0.493 e. The lowest BCUT2D eigenvalue weighted by Crippen LogP contribution is -2.22. The Kier molecular flexibility index (Phi) is 5.43. The molecule has 0 aliphatic heterocycles. The zero-order chi connectivity index (χ0) is 18.5. The summed E-state index contributed by atoms with van der Waals surface area (Å²) in [6.45, 7) is 0.481. The SMILES string of the molecule is COc1cc(-c2cc(C(=O)NCc3cccs3)[nH]n2)cc(OC)c1OC. The van der Waals surface area contributed by atoms with E-state index in [0.29, 0.717) is 35.2 Å². The summed E-state index contributed by atoms with van der Waals surface area (Å²) in [7, 11) is 4.65. The second kappa shape index (κ2) is 7.92. The molecule has 0 saturated heterocycles. The van der Waals surface area contributed by atoms with Gasteiger partial charge >= 0.3 is 0 Å². The number of aromatic nitrogens is 2. The number of hydrogen-bond donors (Lipinski definition) is 2. The molecule has 0 bridgehead atoms. The Balaban J connectivity index is 1.81. The van der Waals surface area contributed by atoms with Gasteiger partial charge in [0.25, 0.3) is 5.91 Å². The second-order valence-corrected chi connectivity index (χ2v) is 6.38. The van der Waals surface area contributed by atoms with Crippen molar-refractivity contribution in [2.45, 2.75) is 6.54 Å². The third-order valence-corrected chi connectivity index (χ3v) is 4.66. The predicted octanol–water partition coefficient (Wildman–Crippen LogP) is 3.09. The van der Waals surface area contributed by atoms with Gasteiger partial charge in [0.05, 0.1) is 33.6 Å². The topological polar surface area (TPSA) is 85.5 Å². The second-order valence-electron chi connectivity index (χ2n) is 5.34.